The van der Waals surface area contributed by atoms with E-state index in [2.05, 4.69) is 43.4 Å². The zero-order valence-corrected chi connectivity index (χ0v) is 19.0. The lowest BCUT2D eigenvalue weighted by Crippen LogP contribution is -2.47. The average molecular weight is 391 g/mol. The molecule has 1 N–H and O–H groups in total. The first-order chi connectivity index (χ1) is 13.0. The summed E-state index contributed by atoms with van der Waals surface area (Å²) >= 11 is 0. The lowest BCUT2D eigenvalue weighted by atomic mass is 9.70. The van der Waals surface area contributed by atoms with Crippen molar-refractivity contribution in [2.45, 2.75) is 78.1 Å². The van der Waals surface area contributed by atoms with Crippen LogP contribution >= 0.6 is 0 Å². The molecule has 160 valence electrons. The molecule has 1 aromatic carbocycles. The van der Waals surface area contributed by atoms with Crippen molar-refractivity contribution in [3.05, 3.63) is 41.1 Å². The highest BCUT2D eigenvalue weighted by atomic mass is 16.5. The maximum absolute atomic E-state index is 13.0. The summed E-state index contributed by atoms with van der Waals surface area (Å²) in [5.41, 5.74) is 0.946. The molecule has 0 heterocycles. The maximum atomic E-state index is 13.0. The molecule has 0 fully saturated rings. The summed E-state index contributed by atoms with van der Waals surface area (Å²) in [5, 5.41) is 15.2. The minimum Gasteiger partial charge on any atom is -0.633 e. The molecule has 0 spiro atoms. The number of amides is 1. The van der Waals surface area contributed by atoms with Crippen LogP contribution in [0.15, 0.2) is 30.3 Å². The number of hydroxylamine groups is 3. The van der Waals surface area contributed by atoms with E-state index in [0.29, 0.717) is 19.5 Å². The number of nitrogens with zero attached hydrogens (tertiary/aromatic N) is 1. The van der Waals surface area contributed by atoms with Gasteiger partial charge in [-0.25, -0.2) is 0 Å². The fourth-order valence-electron chi connectivity index (χ4n) is 4.31. The second-order valence-corrected chi connectivity index (χ2v) is 9.70. The molecular weight excluding hydrogens is 348 g/mol. The van der Waals surface area contributed by atoms with E-state index in [-0.39, 0.29) is 21.4 Å². The monoisotopic (exact) mass is 390 g/mol. The SMILES string of the molecule is CCCCC(CCCC)(CC(=O)NCC(C)(C)C[N+](C)(C)[O-])c1ccccc1. The molecule has 0 atom stereocenters. The lowest BCUT2D eigenvalue weighted by Gasteiger charge is -2.41. The smallest absolute Gasteiger partial charge is 0.220 e. The molecule has 0 unspecified atom stereocenters. The van der Waals surface area contributed by atoms with Gasteiger partial charge in [0.25, 0.3) is 0 Å². The van der Waals surface area contributed by atoms with Crippen LogP contribution in [0.25, 0.3) is 0 Å². The van der Waals surface area contributed by atoms with Crippen LogP contribution in [0.2, 0.25) is 0 Å². The van der Waals surface area contributed by atoms with Gasteiger partial charge in [0.05, 0.1) is 20.6 Å². The lowest BCUT2D eigenvalue weighted by molar-refractivity contribution is -0.846. The summed E-state index contributed by atoms with van der Waals surface area (Å²) < 4.78 is -0.343. The number of rotatable bonds is 13. The van der Waals surface area contributed by atoms with Gasteiger partial charge >= 0.3 is 0 Å². The molecule has 1 aromatic rings. The van der Waals surface area contributed by atoms with E-state index in [4.69, 9.17) is 0 Å². The Morgan fingerprint density at radius 3 is 2.04 bits per heavy atom. The molecule has 0 radical (unpaired) electrons. The van der Waals surface area contributed by atoms with E-state index in [0.717, 1.165) is 38.5 Å². The van der Waals surface area contributed by atoms with E-state index >= 15 is 0 Å². The van der Waals surface area contributed by atoms with Crippen molar-refractivity contribution >= 4 is 5.91 Å². The summed E-state index contributed by atoms with van der Waals surface area (Å²) in [6.45, 7) is 9.51. The second-order valence-electron chi connectivity index (χ2n) is 9.70. The van der Waals surface area contributed by atoms with Gasteiger partial charge in [0, 0.05) is 23.8 Å². The Hall–Kier alpha value is -1.39. The van der Waals surface area contributed by atoms with Crippen LogP contribution in [0, 0.1) is 10.6 Å². The standard InChI is InChI=1S/C24H42N2O2/c1-7-9-16-24(17-10-8-2,21-14-12-11-13-15-21)18-22(27)25-19-23(3,4)20-26(5,6)28/h11-15H,7-10,16-20H2,1-6H3,(H,25,27). The molecule has 1 amide bonds. The normalized spacial score (nSPS) is 12.8. The molecule has 4 nitrogen and oxygen atoms in total. The molecule has 0 bridgehead atoms. The molecule has 4 heteroatoms. The van der Waals surface area contributed by atoms with Crippen molar-refractivity contribution in [2.75, 3.05) is 27.2 Å². The highest BCUT2D eigenvalue weighted by molar-refractivity contribution is 5.77. The average Bonchev–Trinajstić information content (AvgIpc) is 2.61. The van der Waals surface area contributed by atoms with Crippen LogP contribution in [-0.4, -0.2) is 37.7 Å². The van der Waals surface area contributed by atoms with E-state index in [1.54, 1.807) is 14.1 Å². The number of hydrogen-bond acceptors (Lipinski definition) is 2. The van der Waals surface area contributed by atoms with Crippen molar-refractivity contribution in [1.29, 1.82) is 0 Å². The van der Waals surface area contributed by atoms with E-state index in [1.165, 1.54) is 5.56 Å². The third-order valence-electron chi connectivity index (χ3n) is 5.48. The van der Waals surface area contributed by atoms with Crippen molar-refractivity contribution in [3.8, 4) is 0 Å². The van der Waals surface area contributed by atoms with Gasteiger partial charge in [0.1, 0.15) is 0 Å². The first kappa shape index (κ1) is 24.6. The molecule has 0 aromatic heterocycles. The van der Waals surface area contributed by atoms with Crippen LogP contribution in [0.5, 0.6) is 0 Å². The van der Waals surface area contributed by atoms with Gasteiger partial charge in [0.2, 0.25) is 5.91 Å². The second kappa shape index (κ2) is 11.0. The third kappa shape index (κ3) is 8.74. The number of hydrogen-bond donors (Lipinski definition) is 1. The summed E-state index contributed by atoms with van der Waals surface area (Å²) in [5.74, 6) is 0.0975. The zero-order valence-electron chi connectivity index (χ0n) is 19.0. The van der Waals surface area contributed by atoms with Crippen LogP contribution in [0.3, 0.4) is 0 Å². The molecule has 0 aliphatic carbocycles. The summed E-state index contributed by atoms with van der Waals surface area (Å²) in [6, 6.07) is 10.6. The predicted octanol–water partition coefficient (Wildman–Crippen LogP) is 5.41. The first-order valence-electron chi connectivity index (χ1n) is 10.9. The Morgan fingerprint density at radius 2 is 1.57 bits per heavy atom. The van der Waals surface area contributed by atoms with Crippen molar-refractivity contribution in [3.63, 3.8) is 0 Å². The molecular formula is C24H42N2O2. The minimum atomic E-state index is -0.343. The van der Waals surface area contributed by atoms with Gasteiger partial charge in [-0.15, -0.1) is 0 Å². The zero-order chi connectivity index (χ0) is 21.3. The molecule has 1 rings (SSSR count). The summed E-state index contributed by atoms with van der Waals surface area (Å²) in [6.07, 6.45) is 7.10. The number of carbonyl (C=O) groups excluding carboxylic acids is 1. The largest absolute Gasteiger partial charge is 0.633 e. The minimum absolute atomic E-state index is 0.0975. The quantitative estimate of drug-likeness (QED) is 0.361. The van der Waals surface area contributed by atoms with Gasteiger partial charge in [-0.3, -0.25) is 4.79 Å². The molecule has 0 aliphatic rings. The van der Waals surface area contributed by atoms with E-state index in [9.17, 15) is 10.0 Å². The Morgan fingerprint density at radius 1 is 1.04 bits per heavy atom. The highest BCUT2D eigenvalue weighted by Crippen LogP contribution is 2.38. The van der Waals surface area contributed by atoms with Crippen LogP contribution < -0.4 is 5.32 Å². The van der Waals surface area contributed by atoms with Crippen molar-refractivity contribution < 1.29 is 9.44 Å². The topological polar surface area (TPSA) is 52.2 Å². The number of nitrogens with one attached hydrogen (secondary N) is 1. The Bertz CT molecular complexity index is 568. The number of carbonyl (C=O) groups is 1. The molecule has 28 heavy (non-hydrogen) atoms. The van der Waals surface area contributed by atoms with E-state index in [1.807, 2.05) is 19.9 Å². The predicted molar refractivity (Wildman–Crippen MR) is 119 cm³/mol. The summed E-state index contributed by atoms with van der Waals surface area (Å²) in [7, 11) is 3.30. The molecule has 0 saturated carbocycles. The number of quaternary nitrogens is 1. The van der Waals surface area contributed by atoms with Crippen LogP contribution in [-0.2, 0) is 10.2 Å². The highest BCUT2D eigenvalue weighted by Gasteiger charge is 2.34. The fraction of sp³-hybridized carbons (Fsp3) is 0.708. The van der Waals surface area contributed by atoms with Gasteiger partial charge in [-0.05, 0) is 18.4 Å². The Balaban J connectivity index is 2.93. The molecule has 0 saturated heterocycles. The molecule has 0 aliphatic heterocycles. The fourth-order valence-corrected chi connectivity index (χ4v) is 4.31. The van der Waals surface area contributed by atoms with Crippen molar-refractivity contribution in [2.24, 2.45) is 5.41 Å². The Kier molecular flexibility index (Phi) is 9.65. The van der Waals surface area contributed by atoms with Crippen molar-refractivity contribution in [1.82, 2.24) is 5.32 Å². The third-order valence-corrected chi connectivity index (χ3v) is 5.48. The van der Waals surface area contributed by atoms with Crippen LogP contribution in [0.4, 0.5) is 0 Å². The maximum Gasteiger partial charge on any atom is 0.220 e. The first-order valence-corrected chi connectivity index (χ1v) is 10.9. The van der Waals surface area contributed by atoms with Gasteiger partial charge in [0.15, 0.2) is 0 Å². The number of benzene rings is 1. The Labute approximate surface area is 172 Å². The van der Waals surface area contributed by atoms with Gasteiger partial charge in [-0.1, -0.05) is 83.7 Å². The summed E-state index contributed by atoms with van der Waals surface area (Å²) in [4.78, 5) is 13.0. The number of unbranched alkanes of at least 4 members (excludes halogenated alkanes) is 2. The van der Waals surface area contributed by atoms with E-state index < -0.39 is 0 Å². The van der Waals surface area contributed by atoms with Gasteiger partial charge in [-0.2, -0.15) is 0 Å². The van der Waals surface area contributed by atoms with Crippen LogP contribution in [0.1, 0.15) is 78.2 Å². The van der Waals surface area contributed by atoms with Gasteiger partial charge < -0.3 is 15.2 Å².